The Hall–Kier alpha value is -5.68. The molecule has 5 aromatic carbocycles. The van der Waals surface area contributed by atoms with Crippen molar-refractivity contribution in [3.63, 3.8) is 0 Å². The van der Waals surface area contributed by atoms with E-state index in [4.69, 9.17) is 4.99 Å². The number of H-pyrrole nitrogens is 1. The standard InChI is InChI=1S/C36H25N5/c37-36(39-35-30(17-9-22-38-35)27-16-8-11-24-10-4-5-14-26(24)27)41-33-18-7-6-15-28(33)29-19-20-32-31(34(29)41)21-23-40(32)25-12-2-1-3-13-25/h1-23H,(H2,37,38,39). The second-order valence-corrected chi connectivity index (χ2v) is 10.2. The fraction of sp³-hybridized carbons (Fsp3) is 0. The maximum Gasteiger partial charge on any atom is 0.229 e. The van der Waals surface area contributed by atoms with Crippen LogP contribution in [0.15, 0.2) is 145 Å². The lowest BCUT2D eigenvalue weighted by atomic mass is 9.99. The van der Waals surface area contributed by atoms with Crippen molar-refractivity contribution in [1.29, 1.82) is 5.41 Å². The fourth-order valence-electron chi connectivity index (χ4n) is 6.06. The average Bonchev–Trinajstić information content (AvgIpc) is 3.61. The van der Waals surface area contributed by atoms with Crippen molar-refractivity contribution in [3.8, 4) is 16.8 Å². The van der Waals surface area contributed by atoms with Gasteiger partial charge in [0.25, 0.3) is 0 Å². The van der Waals surface area contributed by atoms with Crippen LogP contribution in [0.5, 0.6) is 0 Å². The quantitative estimate of drug-likeness (QED) is 0.168. The SMILES string of the molecule is N=C(/N=c1\[nH]cccc1-c1cccc2ccccc12)n1c2ccccc2c2ccc3c(ccn3-c3ccccc3)c21. The van der Waals surface area contributed by atoms with Crippen molar-refractivity contribution >= 4 is 49.4 Å². The van der Waals surface area contributed by atoms with Crippen LogP contribution in [0.2, 0.25) is 0 Å². The molecule has 0 fully saturated rings. The van der Waals surface area contributed by atoms with Gasteiger partial charge in [0, 0.05) is 39.8 Å². The monoisotopic (exact) mass is 527 g/mol. The molecule has 0 bridgehead atoms. The minimum absolute atomic E-state index is 0.153. The Balaban J connectivity index is 1.39. The Bertz CT molecular complexity index is 2330. The summed E-state index contributed by atoms with van der Waals surface area (Å²) in [7, 11) is 0. The molecule has 3 heterocycles. The van der Waals surface area contributed by atoms with Gasteiger partial charge < -0.3 is 9.55 Å². The Labute approximate surface area is 235 Å². The van der Waals surface area contributed by atoms with Crippen molar-refractivity contribution in [2.45, 2.75) is 0 Å². The van der Waals surface area contributed by atoms with Gasteiger partial charge in [-0.25, -0.2) is 0 Å². The number of rotatable bonds is 2. The maximum atomic E-state index is 9.39. The molecule has 2 N–H and O–H groups in total. The van der Waals surface area contributed by atoms with Crippen molar-refractivity contribution in [3.05, 3.63) is 145 Å². The van der Waals surface area contributed by atoms with E-state index in [-0.39, 0.29) is 5.96 Å². The highest BCUT2D eigenvalue weighted by Crippen LogP contribution is 2.35. The normalized spacial score (nSPS) is 12.1. The number of aromatic nitrogens is 3. The number of nitrogens with zero attached hydrogens (tertiary/aromatic N) is 3. The zero-order chi connectivity index (χ0) is 27.3. The van der Waals surface area contributed by atoms with Crippen molar-refractivity contribution in [2.75, 3.05) is 0 Å². The first-order chi connectivity index (χ1) is 20.3. The van der Waals surface area contributed by atoms with Gasteiger partial charge in [0.1, 0.15) is 5.49 Å². The summed E-state index contributed by atoms with van der Waals surface area (Å²) in [4.78, 5) is 8.27. The van der Waals surface area contributed by atoms with Gasteiger partial charge >= 0.3 is 0 Å². The average molecular weight is 528 g/mol. The van der Waals surface area contributed by atoms with E-state index >= 15 is 0 Å². The van der Waals surface area contributed by atoms with Gasteiger partial charge in [-0.1, -0.05) is 84.9 Å². The molecular weight excluding hydrogens is 502 g/mol. The summed E-state index contributed by atoms with van der Waals surface area (Å²) in [5.74, 6) is 0.153. The second kappa shape index (κ2) is 9.21. The zero-order valence-corrected chi connectivity index (χ0v) is 22.1. The number of nitrogens with one attached hydrogen (secondary N) is 2. The molecule has 5 heteroatoms. The molecule has 0 saturated heterocycles. The summed E-state index contributed by atoms with van der Waals surface area (Å²) in [6.45, 7) is 0. The van der Waals surface area contributed by atoms with Gasteiger partial charge in [-0.05, 0) is 58.8 Å². The molecule has 8 aromatic rings. The summed E-state index contributed by atoms with van der Waals surface area (Å²) in [6.07, 6.45) is 3.97. The zero-order valence-electron chi connectivity index (χ0n) is 22.1. The van der Waals surface area contributed by atoms with E-state index in [1.54, 1.807) is 0 Å². The van der Waals surface area contributed by atoms with E-state index in [1.165, 1.54) is 5.39 Å². The largest absolute Gasteiger partial charge is 0.346 e. The predicted octanol–water partition coefficient (Wildman–Crippen LogP) is 8.27. The Morgan fingerprint density at radius 1 is 0.585 bits per heavy atom. The van der Waals surface area contributed by atoms with Crippen LogP contribution in [0.25, 0.3) is 60.3 Å². The molecule has 0 atom stereocenters. The molecule has 0 radical (unpaired) electrons. The predicted molar refractivity (Wildman–Crippen MR) is 169 cm³/mol. The fourth-order valence-corrected chi connectivity index (χ4v) is 6.06. The van der Waals surface area contributed by atoms with Gasteiger partial charge in [-0.2, -0.15) is 4.99 Å². The molecule has 0 aliphatic rings. The molecule has 0 saturated carbocycles. The van der Waals surface area contributed by atoms with Crippen LogP contribution in [-0.2, 0) is 0 Å². The van der Waals surface area contributed by atoms with E-state index in [9.17, 15) is 5.41 Å². The number of hydrogen-bond acceptors (Lipinski definition) is 1. The van der Waals surface area contributed by atoms with E-state index < -0.39 is 0 Å². The van der Waals surface area contributed by atoms with Gasteiger partial charge in [0.2, 0.25) is 5.96 Å². The summed E-state index contributed by atoms with van der Waals surface area (Å²) >= 11 is 0. The highest BCUT2D eigenvalue weighted by Gasteiger charge is 2.18. The van der Waals surface area contributed by atoms with E-state index in [0.29, 0.717) is 5.49 Å². The van der Waals surface area contributed by atoms with Gasteiger partial charge in [-0.3, -0.25) is 9.98 Å². The Morgan fingerprint density at radius 2 is 1.34 bits per heavy atom. The molecule has 0 amide bonds. The minimum Gasteiger partial charge on any atom is -0.346 e. The number of fused-ring (bicyclic) bond motifs is 6. The molecule has 0 aliphatic carbocycles. The van der Waals surface area contributed by atoms with Crippen molar-refractivity contribution in [2.24, 2.45) is 4.99 Å². The van der Waals surface area contributed by atoms with E-state index in [1.807, 2.05) is 29.0 Å². The number of para-hydroxylation sites is 2. The van der Waals surface area contributed by atoms with Crippen LogP contribution < -0.4 is 5.49 Å². The topological polar surface area (TPSA) is 61.9 Å². The third-order valence-corrected chi connectivity index (χ3v) is 7.88. The Kier molecular flexibility index (Phi) is 5.22. The highest BCUT2D eigenvalue weighted by molar-refractivity contribution is 6.21. The third kappa shape index (κ3) is 3.63. The van der Waals surface area contributed by atoms with Crippen LogP contribution in [0.1, 0.15) is 0 Å². The van der Waals surface area contributed by atoms with Crippen LogP contribution in [0.4, 0.5) is 0 Å². The molecule has 0 unspecified atom stereocenters. The lowest BCUT2D eigenvalue weighted by Crippen LogP contribution is -2.17. The minimum atomic E-state index is 0.153. The summed E-state index contributed by atoms with van der Waals surface area (Å²) < 4.78 is 4.18. The first-order valence-electron chi connectivity index (χ1n) is 13.7. The van der Waals surface area contributed by atoms with Crippen LogP contribution in [0.3, 0.4) is 0 Å². The first kappa shape index (κ1) is 23.2. The molecule has 194 valence electrons. The highest BCUT2D eigenvalue weighted by atomic mass is 15.2. The van der Waals surface area contributed by atoms with Crippen LogP contribution in [-0.4, -0.2) is 20.1 Å². The van der Waals surface area contributed by atoms with Crippen LogP contribution >= 0.6 is 0 Å². The van der Waals surface area contributed by atoms with Crippen molar-refractivity contribution in [1.82, 2.24) is 14.1 Å². The van der Waals surface area contributed by atoms with Crippen LogP contribution in [0, 0.1) is 5.41 Å². The first-order valence-corrected chi connectivity index (χ1v) is 13.7. The second-order valence-electron chi connectivity index (χ2n) is 10.2. The lowest BCUT2D eigenvalue weighted by Gasteiger charge is -2.10. The summed E-state index contributed by atoms with van der Waals surface area (Å²) in [5, 5.41) is 15.0. The molecule has 0 spiro atoms. The summed E-state index contributed by atoms with van der Waals surface area (Å²) in [5.41, 5.74) is 6.81. The molecular formula is C36H25N5. The van der Waals surface area contributed by atoms with E-state index in [0.717, 1.165) is 54.9 Å². The molecule has 3 aromatic heterocycles. The molecule has 5 nitrogen and oxygen atoms in total. The van der Waals surface area contributed by atoms with E-state index in [2.05, 4.69) is 125 Å². The molecule has 0 aliphatic heterocycles. The molecule has 8 rings (SSSR count). The lowest BCUT2D eigenvalue weighted by molar-refractivity contribution is 1.10. The maximum absolute atomic E-state index is 9.39. The smallest absolute Gasteiger partial charge is 0.229 e. The summed E-state index contributed by atoms with van der Waals surface area (Å²) in [6, 6.07) is 43.8. The van der Waals surface area contributed by atoms with Gasteiger partial charge in [0.15, 0.2) is 0 Å². The number of benzene rings is 5. The number of aromatic amines is 1. The number of pyridine rings is 1. The van der Waals surface area contributed by atoms with Gasteiger partial charge in [0.05, 0.1) is 16.6 Å². The number of hydrogen-bond donors (Lipinski definition) is 2. The Morgan fingerprint density at radius 3 is 2.24 bits per heavy atom. The third-order valence-electron chi connectivity index (χ3n) is 7.88. The van der Waals surface area contributed by atoms with Gasteiger partial charge in [-0.15, -0.1) is 0 Å². The molecule has 41 heavy (non-hydrogen) atoms. The van der Waals surface area contributed by atoms with Crippen molar-refractivity contribution < 1.29 is 0 Å².